The highest BCUT2D eigenvalue weighted by atomic mass is 32.2. The fourth-order valence-corrected chi connectivity index (χ4v) is 4.49. The van der Waals surface area contributed by atoms with Crippen LogP contribution in [0.25, 0.3) is 5.65 Å². The Hall–Kier alpha value is -4.12. The summed E-state index contributed by atoms with van der Waals surface area (Å²) in [6, 6.07) is 17.6. The molecule has 1 amide bonds. The lowest BCUT2D eigenvalue weighted by atomic mass is 10.2. The summed E-state index contributed by atoms with van der Waals surface area (Å²) in [7, 11) is -3.81. The molecule has 2 N–H and O–H groups in total. The molecule has 10 nitrogen and oxygen atoms in total. The molecule has 0 aliphatic heterocycles. The molecule has 0 aliphatic carbocycles. The van der Waals surface area contributed by atoms with Crippen molar-refractivity contribution in [3.8, 4) is 5.75 Å². The quantitative estimate of drug-likeness (QED) is 0.326. The number of benzene rings is 2. The van der Waals surface area contributed by atoms with Crippen LogP contribution in [0.15, 0.2) is 82.6 Å². The molecule has 4 rings (SSSR count). The van der Waals surface area contributed by atoms with Gasteiger partial charge in [-0.05, 0) is 74.0 Å². The molecule has 0 radical (unpaired) electrons. The van der Waals surface area contributed by atoms with E-state index in [1.165, 1.54) is 33.3 Å². The zero-order valence-electron chi connectivity index (χ0n) is 19.0. The summed E-state index contributed by atoms with van der Waals surface area (Å²) in [6.07, 6.45) is 2.16. The van der Waals surface area contributed by atoms with Gasteiger partial charge in [0.2, 0.25) is 0 Å². The fraction of sp³-hybridized carbons (Fsp3) is 0.208. The lowest BCUT2D eigenvalue weighted by molar-refractivity contribution is 0.0952. The summed E-state index contributed by atoms with van der Waals surface area (Å²) in [5.41, 5.74) is 1.06. The zero-order chi connectivity index (χ0) is 24.8. The van der Waals surface area contributed by atoms with Crippen molar-refractivity contribution in [2.75, 3.05) is 17.9 Å². The number of aryl methyl sites for hydroxylation is 1. The Labute approximate surface area is 202 Å². The van der Waals surface area contributed by atoms with Gasteiger partial charge in [0, 0.05) is 30.5 Å². The van der Waals surface area contributed by atoms with E-state index in [1.54, 1.807) is 48.7 Å². The SMILES string of the molecule is CCOc1ccc(NS(=O)(=O)c2ccc(C(=O)NCCCn3nc4ccccn4c3=O)cc2)cc1. The van der Waals surface area contributed by atoms with Gasteiger partial charge in [0.1, 0.15) is 5.75 Å². The number of ether oxygens (including phenoxy) is 1. The van der Waals surface area contributed by atoms with E-state index in [2.05, 4.69) is 15.1 Å². The maximum atomic E-state index is 12.7. The summed E-state index contributed by atoms with van der Waals surface area (Å²) in [5, 5.41) is 7.02. The van der Waals surface area contributed by atoms with Crippen molar-refractivity contribution >= 4 is 27.3 Å². The third kappa shape index (κ3) is 5.69. The average molecular weight is 496 g/mol. The Bertz CT molecular complexity index is 1480. The molecule has 11 heteroatoms. The van der Waals surface area contributed by atoms with Crippen LogP contribution >= 0.6 is 0 Å². The summed E-state index contributed by atoms with van der Waals surface area (Å²) in [5.74, 6) is 0.312. The van der Waals surface area contributed by atoms with E-state index in [4.69, 9.17) is 4.74 Å². The number of rotatable bonds is 10. The van der Waals surface area contributed by atoms with E-state index in [0.29, 0.717) is 48.8 Å². The summed E-state index contributed by atoms with van der Waals surface area (Å²) >= 11 is 0. The molecule has 2 heterocycles. The Kier molecular flexibility index (Phi) is 7.16. The van der Waals surface area contributed by atoms with Crippen LogP contribution in [0.3, 0.4) is 0 Å². The second-order valence-electron chi connectivity index (χ2n) is 7.63. The predicted octanol–water partition coefficient (Wildman–Crippen LogP) is 2.52. The Morgan fingerprint density at radius 2 is 1.77 bits per heavy atom. The van der Waals surface area contributed by atoms with Crippen LogP contribution in [0, 0.1) is 0 Å². The molecule has 35 heavy (non-hydrogen) atoms. The first-order valence-corrected chi connectivity index (χ1v) is 12.5. The molecule has 0 bridgehead atoms. The van der Waals surface area contributed by atoms with E-state index in [1.807, 2.05) is 6.92 Å². The molecular weight excluding hydrogens is 470 g/mol. The van der Waals surface area contributed by atoms with E-state index in [9.17, 15) is 18.0 Å². The number of hydrogen-bond donors (Lipinski definition) is 2. The van der Waals surface area contributed by atoms with Gasteiger partial charge >= 0.3 is 5.69 Å². The largest absolute Gasteiger partial charge is 0.494 e. The predicted molar refractivity (Wildman–Crippen MR) is 131 cm³/mol. The van der Waals surface area contributed by atoms with Crippen LogP contribution in [0.2, 0.25) is 0 Å². The van der Waals surface area contributed by atoms with Gasteiger partial charge in [-0.15, -0.1) is 5.10 Å². The number of sulfonamides is 1. The lowest BCUT2D eigenvalue weighted by Gasteiger charge is -2.10. The molecule has 2 aromatic carbocycles. The summed E-state index contributed by atoms with van der Waals surface area (Å²) < 4.78 is 36.0. The van der Waals surface area contributed by atoms with Gasteiger partial charge in [0.05, 0.1) is 11.5 Å². The Morgan fingerprint density at radius 3 is 2.46 bits per heavy atom. The number of amides is 1. The lowest BCUT2D eigenvalue weighted by Crippen LogP contribution is -2.27. The highest BCUT2D eigenvalue weighted by Crippen LogP contribution is 2.20. The highest BCUT2D eigenvalue weighted by Gasteiger charge is 2.15. The van der Waals surface area contributed by atoms with Gasteiger partial charge in [0.25, 0.3) is 15.9 Å². The van der Waals surface area contributed by atoms with Gasteiger partial charge in [-0.2, -0.15) is 0 Å². The maximum absolute atomic E-state index is 12.7. The van der Waals surface area contributed by atoms with Gasteiger partial charge in [-0.1, -0.05) is 6.07 Å². The molecular formula is C24H25N5O5S. The van der Waals surface area contributed by atoms with Crippen LogP contribution < -0.4 is 20.5 Å². The monoisotopic (exact) mass is 495 g/mol. The van der Waals surface area contributed by atoms with Crippen molar-refractivity contribution in [1.29, 1.82) is 0 Å². The second kappa shape index (κ2) is 10.4. The van der Waals surface area contributed by atoms with Crippen molar-refractivity contribution < 1.29 is 17.9 Å². The molecule has 0 atom stereocenters. The number of nitrogens with one attached hydrogen (secondary N) is 2. The van der Waals surface area contributed by atoms with Crippen LogP contribution in [0.4, 0.5) is 5.69 Å². The van der Waals surface area contributed by atoms with E-state index in [-0.39, 0.29) is 16.5 Å². The number of aromatic nitrogens is 3. The zero-order valence-corrected chi connectivity index (χ0v) is 19.9. The van der Waals surface area contributed by atoms with Crippen molar-refractivity contribution in [3.05, 3.63) is 89.0 Å². The number of nitrogens with zero attached hydrogens (tertiary/aromatic N) is 3. The van der Waals surface area contributed by atoms with Gasteiger partial charge in [0.15, 0.2) is 5.65 Å². The minimum absolute atomic E-state index is 0.0363. The normalized spacial score (nSPS) is 11.3. The third-order valence-corrected chi connectivity index (χ3v) is 6.56. The number of carbonyl (C=O) groups is 1. The summed E-state index contributed by atoms with van der Waals surface area (Å²) in [4.78, 5) is 24.7. The van der Waals surface area contributed by atoms with Crippen LogP contribution in [0.1, 0.15) is 23.7 Å². The second-order valence-corrected chi connectivity index (χ2v) is 9.31. The van der Waals surface area contributed by atoms with Crippen LogP contribution in [-0.2, 0) is 16.6 Å². The number of fused-ring (bicyclic) bond motifs is 1. The summed E-state index contributed by atoms with van der Waals surface area (Å²) in [6.45, 7) is 3.08. The maximum Gasteiger partial charge on any atom is 0.350 e. The Balaban J connectivity index is 1.30. The van der Waals surface area contributed by atoms with Crippen LogP contribution in [-0.4, -0.2) is 41.7 Å². The molecule has 0 saturated carbocycles. The number of pyridine rings is 1. The average Bonchev–Trinajstić information content (AvgIpc) is 3.18. The topological polar surface area (TPSA) is 124 Å². The first-order valence-electron chi connectivity index (χ1n) is 11.1. The van der Waals surface area contributed by atoms with Crippen molar-refractivity contribution in [2.45, 2.75) is 24.8 Å². The molecule has 4 aromatic rings. The number of hydrogen-bond acceptors (Lipinski definition) is 6. The molecule has 2 aromatic heterocycles. The first kappa shape index (κ1) is 24.0. The standard InChI is InChI=1S/C24H25N5O5S/c1-2-34-20-11-9-19(10-12-20)27-35(32,33)21-13-7-18(8-14-21)23(30)25-15-5-17-29-24(31)28-16-4-3-6-22(28)26-29/h3-4,6-14,16,27H,2,5,15,17H2,1H3,(H,25,30). The molecule has 0 unspecified atom stereocenters. The molecule has 182 valence electrons. The molecule has 0 spiro atoms. The first-order chi connectivity index (χ1) is 16.9. The van der Waals surface area contributed by atoms with Crippen molar-refractivity contribution in [3.63, 3.8) is 0 Å². The molecule has 0 saturated heterocycles. The van der Waals surface area contributed by atoms with E-state index in [0.717, 1.165) is 0 Å². The van der Waals surface area contributed by atoms with Gasteiger partial charge in [-0.25, -0.2) is 17.9 Å². The van der Waals surface area contributed by atoms with Crippen molar-refractivity contribution in [2.24, 2.45) is 0 Å². The van der Waals surface area contributed by atoms with Crippen molar-refractivity contribution in [1.82, 2.24) is 19.5 Å². The van der Waals surface area contributed by atoms with Gasteiger partial charge in [-0.3, -0.25) is 13.9 Å². The van der Waals surface area contributed by atoms with Crippen LogP contribution in [0.5, 0.6) is 5.75 Å². The molecule has 0 aliphatic rings. The minimum atomic E-state index is -3.81. The van der Waals surface area contributed by atoms with E-state index < -0.39 is 10.0 Å². The highest BCUT2D eigenvalue weighted by molar-refractivity contribution is 7.92. The third-order valence-electron chi connectivity index (χ3n) is 5.17. The van der Waals surface area contributed by atoms with E-state index >= 15 is 0 Å². The number of anilines is 1. The number of carbonyl (C=O) groups excluding carboxylic acids is 1. The van der Waals surface area contributed by atoms with Gasteiger partial charge < -0.3 is 10.1 Å². The Morgan fingerprint density at radius 1 is 1.03 bits per heavy atom. The fourth-order valence-electron chi connectivity index (χ4n) is 3.43. The minimum Gasteiger partial charge on any atom is -0.494 e. The smallest absolute Gasteiger partial charge is 0.350 e. The molecule has 0 fully saturated rings.